The second-order valence-electron chi connectivity index (χ2n) is 3.89. The Kier molecular flexibility index (Phi) is 2.82. The summed E-state index contributed by atoms with van der Waals surface area (Å²) in [6.45, 7) is 2.92. The second-order valence-corrected chi connectivity index (χ2v) is 6.31. The molecule has 3 heteroatoms. The highest BCUT2D eigenvalue weighted by Crippen LogP contribution is 2.55. The smallest absolute Gasteiger partial charge is 0.0702 e. The van der Waals surface area contributed by atoms with Crippen molar-refractivity contribution in [2.45, 2.75) is 30.9 Å². The van der Waals surface area contributed by atoms with Gasteiger partial charge < -0.3 is 4.74 Å². The first kappa shape index (κ1) is 9.75. The number of allylic oxidation sites excluding steroid dienone is 1. The van der Waals surface area contributed by atoms with Gasteiger partial charge in [0.25, 0.3) is 0 Å². The Balaban J connectivity index is 2.01. The molecule has 3 unspecified atom stereocenters. The number of hydrogen-bond donors (Lipinski definition) is 0. The van der Waals surface area contributed by atoms with Crippen LogP contribution in [0.15, 0.2) is 12.2 Å². The predicted molar refractivity (Wildman–Crippen MR) is 56.4 cm³/mol. The van der Waals surface area contributed by atoms with Gasteiger partial charge in [0.2, 0.25) is 0 Å². The van der Waals surface area contributed by atoms with Crippen LogP contribution < -0.4 is 0 Å². The molecule has 2 radical (unpaired) electrons. The highest BCUT2D eigenvalue weighted by atomic mass is 35.5. The maximum absolute atomic E-state index is 5.83. The number of halogens is 1. The lowest BCUT2D eigenvalue weighted by molar-refractivity contribution is 0.0460. The van der Waals surface area contributed by atoms with Gasteiger partial charge in [-0.3, -0.25) is 0 Å². The Hall–Kier alpha value is 0.207. The number of hydrogen-bond acceptors (Lipinski definition) is 1. The molecule has 2 bridgehead atoms. The van der Waals surface area contributed by atoms with Crippen LogP contribution in [0.5, 0.6) is 0 Å². The van der Waals surface area contributed by atoms with Crippen molar-refractivity contribution < 1.29 is 4.74 Å². The lowest BCUT2D eigenvalue weighted by Gasteiger charge is -2.24. The molecule has 0 aromatic rings. The monoisotopic (exact) mass is 214 g/mol. The Morgan fingerprint density at radius 1 is 1.62 bits per heavy atom. The standard InChI is InChI=1S/C10H15ClOSi/c1-2-12-9-6-10(13-7-11)4-3-8(9)5-10/h3-4,8-9H,2,5-7H2,1H3. The Labute approximate surface area is 87.3 Å². The van der Waals surface area contributed by atoms with Crippen LogP contribution in [-0.2, 0) is 4.74 Å². The molecule has 2 rings (SSSR count). The molecule has 0 aliphatic heterocycles. The Bertz CT molecular complexity index is 219. The average molecular weight is 215 g/mol. The molecule has 0 aromatic carbocycles. The zero-order valence-corrected chi connectivity index (χ0v) is 9.68. The van der Waals surface area contributed by atoms with Gasteiger partial charge in [-0.2, -0.15) is 0 Å². The van der Waals surface area contributed by atoms with E-state index in [-0.39, 0.29) is 0 Å². The molecule has 3 atom stereocenters. The first-order chi connectivity index (χ1) is 6.29. The summed E-state index contributed by atoms with van der Waals surface area (Å²) in [4.78, 5) is 0. The minimum atomic E-state index is 0.423. The van der Waals surface area contributed by atoms with Crippen LogP contribution in [0, 0.1) is 5.92 Å². The molecule has 1 saturated carbocycles. The lowest BCUT2D eigenvalue weighted by Crippen LogP contribution is -2.21. The summed E-state index contributed by atoms with van der Waals surface area (Å²) in [7, 11) is 0.870. The third-order valence-electron chi connectivity index (χ3n) is 3.11. The lowest BCUT2D eigenvalue weighted by atomic mass is 10.0. The third-order valence-corrected chi connectivity index (χ3v) is 4.92. The van der Waals surface area contributed by atoms with Crippen molar-refractivity contribution in [3.8, 4) is 0 Å². The molecule has 2 aliphatic rings. The molecular formula is C10H15ClOSi. The third kappa shape index (κ3) is 1.72. The van der Waals surface area contributed by atoms with Crippen molar-refractivity contribution in [2.24, 2.45) is 5.92 Å². The van der Waals surface area contributed by atoms with Gasteiger partial charge in [0.1, 0.15) is 0 Å². The van der Waals surface area contributed by atoms with Crippen LogP contribution in [-0.4, -0.2) is 27.7 Å². The zero-order chi connectivity index (χ0) is 9.31. The van der Waals surface area contributed by atoms with Gasteiger partial charge in [0, 0.05) is 18.0 Å². The first-order valence-corrected chi connectivity index (χ1v) is 6.66. The van der Waals surface area contributed by atoms with Crippen LogP contribution in [0.2, 0.25) is 5.04 Å². The number of fused-ring (bicyclic) bond motifs is 2. The topological polar surface area (TPSA) is 9.23 Å². The second kappa shape index (κ2) is 3.75. The number of rotatable bonds is 4. The van der Waals surface area contributed by atoms with Gasteiger partial charge >= 0.3 is 0 Å². The summed E-state index contributed by atoms with van der Waals surface area (Å²) < 4.78 is 5.72. The first-order valence-electron chi connectivity index (χ1n) is 4.91. The fraction of sp³-hybridized carbons (Fsp3) is 0.800. The van der Waals surface area contributed by atoms with Crippen molar-refractivity contribution in [1.82, 2.24) is 0 Å². The average Bonchev–Trinajstić information content (AvgIpc) is 2.62. The molecule has 0 amide bonds. The van der Waals surface area contributed by atoms with Crippen LogP contribution in [0.4, 0.5) is 0 Å². The van der Waals surface area contributed by atoms with Crippen molar-refractivity contribution in [2.75, 3.05) is 12.1 Å². The van der Waals surface area contributed by atoms with E-state index in [0.717, 1.165) is 21.6 Å². The molecule has 0 spiro atoms. The van der Waals surface area contributed by atoms with Crippen molar-refractivity contribution >= 4 is 21.1 Å². The maximum Gasteiger partial charge on any atom is 0.0702 e. The highest BCUT2D eigenvalue weighted by molar-refractivity contribution is 6.53. The maximum atomic E-state index is 5.83. The molecule has 13 heavy (non-hydrogen) atoms. The van der Waals surface area contributed by atoms with Crippen LogP contribution in [0.1, 0.15) is 19.8 Å². The van der Waals surface area contributed by atoms with Gasteiger partial charge in [0.15, 0.2) is 0 Å². The molecule has 1 fully saturated rings. The van der Waals surface area contributed by atoms with E-state index >= 15 is 0 Å². The molecule has 0 saturated heterocycles. The van der Waals surface area contributed by atoms with Crippen molar-refractivity contribution in [3.05, 3.63) is 12.2 Å². The van der Waals surface area contributed by atoms with Crippen LogP contribution >= 0.6 is 11.6 Å². The van der Waals surface area contributed by atoms with Crippen LogP contribution in [0.3, 0.4) is 0 Å². The number of alkyl halides is 1. The molecule has 0 N–H and O–H groups in total. The molecular weight excluding hydrogens is 200 g/mol. The molecule has 1 nitrogen and oxygen atoms in total. The van der Waals surface area contributed by atoms with E-state index in [2.05, 4.69) is 19.1 Å². The Morgan fingerprint density at radius 3 is 3.15 bits per heavy atom. The van der Waals surface area contributed by atoms with E-state index in [1.807, 2.05) is 0 Å². The van der Waals surface area contributed by atoms with Gasteiger partial charge in [-0.1, -0.05) is 12.2 Å². The zero-order valence-electron chi connectivity index (χ0n) is 7.92. The minimum Gasteiger partial charge on any atom is -0.378 e. The van der Waals surface area contributed by atoms with E-state index in [4.69, 9.17) is 16.3 Å². The SMILES string of the molecule is CCOC1CC2([Si]CCl)C=CC1C2. The van der Waals surface area contributed by atoms with Gasteiger partial charge in [-0.15, -0.1) is 11.6 Å². The minimum absolute atomic E-state index is 0.423. The summed E-state index contributed by atoms with van der Waals surface area (Å²) in [6.07, 6.45) is 7.68. The Morgan fingerprint density at radius 2 is 2.46 bits per heavy atom. The van der Waals surface area contributed by atoms with Crippen molar-refractivity contribution in [3.63, 3.8) is 0 Å². The summed E-state index contributed by atoms with van der Waals surface area (Å²) in [5.41, 5.74) is 0.801. The largest absolute Gasteiger partial charge is 0.378 e. The van der Waals surface area contributed by atoms with E-state index in [1.165, 1.54) is 12.8 Å². The quantitative estimate of drug-likeness (QED) is 0.397. The van der Waals surface area contributed by atoms with E-state index in [0.29, 0.717) is 17.1 Å². The predicted octanol–water partition coefficient (Wildman–Crippen LogP) is 2.43. The van der Waals surface area contributed by atoms with Gasteiger partial charge in [-0.05, 0) is 24.8 Å². The van der Waals surface area contributed by atoms with E-state index < -0.39 is 0 Å². The highest BCUT2D eigenvalue weighted by Gasteiger charge is 2.46. The van der Waals surface area contributed by atoms with Gasteiger partial charge in [-0.25, -0.2) is 0 Å². The van der Waals surface area contributed by atoms with Gasteiger partial charge in [0.05, 0.1) is 15.6 Å². The summed E-state index contributed by atoms with van der Waals surface area (Å²) in [5.74, 6) is 0.677. The van der Waals surface area contributed by atoms with E-state index in [1.54, 1.807) is 0 Å². The molecule has 2 aliphatic carbocycles. The normalized spacial score (nSPS) is 41.7. The molecule has 0 heterocycles. The fourth-order valence-corrected chi connectivity index (χ4v) is 4.52. The summed E-state index contributed by atoms with van der Waals surface area (Å²) in [6, 6.07) is 0. The summed E-state index contributed by atoms with van der Waals surface area (Å²) >= 11 is 5.83. The molecule has 72 valence electrons. The van der Waals surface area contributed by atoms with Crippen LogP contribution in [0.25, 0.3) is 0 Å². The fourth-order valence-electron chi connectivity index (χ4n) is 2.51. The van der Waals surface area contributed by atoms with Crippen molar-refractivity contribution in [1.29, 1.82) is 0 Å². The summed E-state index contributed by atoms with van der Waals surface area (Å²) in [5, 5.41) is 0.423. The number of ether oxygens (including phenoxy) is 1. The molecule has 0 aromatic heterocycles. The van der Waals surface area contributed by atoms with E-state index in [9.17, 15) is 0 Å².